The Bertz CT molecular complexity index is 1100. The second-order valence-corrected chi connectivity index (χ2v) is 7.08. The Hall–Kier alpha value is -2.14. The molecule has 4 rings (SSSR count). The number of fused-ring (bicyclic) bond motifs is 1. The van der Waals surface area contributed by atoms with Gasteiger partial charge in [-0.15, -0.1) is 11.3 Å². The molecular weight excluding hydrogens is 363 g/mol. The monoisotopic (exact) mass is 372 g/mol. The summed E-state index contributed by atoms with van der Waals surface area (Å²) in [6.07, 6.45) is 0. The van der Waals surface area contributed by atoms with Gasteiger partial charge in [-0.3, -0.25) is 4.79 Å². The first-order valence-corrected chi connectivity index (χ1v) is 8.74. The normalized spacial score (nSPS) is 11.1. The maximum Gasteiger partial charge on any atom is 0.259 e. The molecule has 0 bridgehead atoms. The Balaban J connectivity index is 1.88. The van der Waals surface area contributed by atoms with Crippen LogP contribution in [0, 0.1) is 0 Å². The zero-order chi connectivity index (χ0) is 16.7. The molecule has 0 spiro atoms. The van der Waals surface area contributed by atoms with Crippen molar-refractivity contribution in [3.8, 4) is 21.8 Å². The summed E-state index contributed by atoms with van der Waals surface area (Å²) in [6, 6.07) is 17.0. The van der Waals surface area contributed by atoms with Crippen molar-refractivity contribution in [2.24, 2.45) is 0 Å². The largest absolute Gasteiger partial charge is 0.306 e. The van der Waals surface area contributed by atoms with E-state index in [1.54, 1.807) is 18.2 Å². The predicted molar refractivity (Wildman–Crippen MR) is 101 cm³/mol. The molecule has 118 valence electrons. The first-order valence-electron chi connectivity index (χ1n) is 7.16. The van der Waals surface area contributed by atoms with Gasteiger partial charge in [0.2, 0.25) is 0 Å². The average Bonchev–Trinajstić information content (AvgIpc) is 3.03. The van der Waals surface area contributed by atoms with Crippen LogP contribution in [0.25, 0.3) is 32.0 Å². The molecule has 0 aliphatic heterocycles. The third-order valence-electron chi connectivity index (χ3n) is 3.65. The minimum Gasteiger partial charge on any atom is -0.306 e. The SMILES string of the molecule is O=c1[nH]c(-c2ccc(Cl)c(Cl)c2)nc2sc(-c3ccccc3)cc12. The molecule has 6 heteroatoms. The lowest BCUT2D eigenvalue weighted by atomic mass is 10.2. The summed E-state index contributed by atoms with van der Waals surface area (Å²) >= 11 is 13.5. The molecule has 0 saturated heterocycles. The highest BCUT2D eigenvalue weighted by molar-refractivity contribution is 7.21. The molecule has 0 unspecified atom stereocenters. The molecule has 2 aromatic carbocycles. The van der Waals surface area contributed by atoms with Crippen molar-refractivity contribution in [2.75, 3.05) is 0 Å². The molecule has 4 aromatic rings. The number of halogens is 2. The van der Waals surface area contributed by atoms with E-state index in [-0.39, 0.29) is 5.56 Å². The Kier molecular flexibility index (Phi) is 3.88. The third-order valence-corrected chi connectivity index (χ3v) is 5.47. The van der Waals surface area contributed by atoms with E-state index in [1.807, 2.05) is 36.4 Å². The van der Waals surface area contributed by atoms with Gasteiger partial charge in [-0.1, -0.05) is 53.5 Å². The number of rotatable bonds is 2. The van der Waals surface area contributed by atoms with Gasteiger partial charge in [0.05, 0.1) is 15.4 Å². The van der Waals surface area contributed by atoms with E-state index in [1.165, 1.54) is 11.3 Å². The van der Waals surface area contributed by atoms with Crippen molar-refractivity contribution in [1.82, 2.24) is 9.97 Å². The molecule has 3 nitrogen and oxygen atoms in total. The third kappa shape index (κ3) is 2.73. The number of benzene rings is 2. The van der Waals surface area contributed by atoms with E-state index in [0.717, 1.165) is 16.0 Å². The fraction of sp³-hybridized carbons (Fsp3) is 0. The van der Waals surface area contributed by atoms with E-state index in [4.69, 9.17) is 23.2 Å². The lowest BCUT2D eigenvalue weighted by Crippen LogP contribution is -2.07. The van der Waals surface area contributed by atoms with Gasteiger partial charge in [0.1, 0.15) is 10.7 Å². The highest BCUT2D eigenvalue weighted by Crippen LogP contribution is 2.32. The van der Waals surface area contributed by atoms with Crippen LogP contribution < -0.4 is 5.56 Å². The molecule has 2 aromatic heterocycles. The van der Waals surface area contributed by atoms with Crippen molar-refractivity contribution in [1.29, 1.82) is 0 Å². The topological polar surface area (TPSA) is 45.8 Å². The van der Waals surface area contributed by atoms with Gasteiger partial charge in [-0.25, -0.2) is 4.98 Å². The average molecular weight is 373 g/mol. The second-order valence-electron chi connectivity index (χ2n) is 5.24. The van der Waals surface area contributed by atoms with Crippen molar-refractivity contribution < 1.29 is 0 Å². The fourth-order valence-electron chi connectivity index (χ4n) is 2.46. The van der Waals surface area contributed by atoms with Gasteiger partial charge in [-0.2, -0.15) is 0 Å². The van der Waals surface area contributed by atoms with Crippen LogP contribution in [0.1, 0.15) is 0 Å². The molecule has 1 N–H and O–H groups in total. The Morgan fingerprint density at radius 2 is 1.71 bits per heavy atom. The predicted octanol–water partition coefficient (Wildman–Crippen LogP) is 5.63. The van der Waals surface area contributed by atoms with E-state index < -0.39 is 0 Å². The van der Waals surface area contributed by atoms with Crippen LogP contribution in [-0.4, -0.2) is 9.97 Å². The van der Waals surface area contributed by atoms with Crippen LogP contribution in [0.4, 0.5) is 0 Å². The first-order chi connectivity index (χ1) is 11.6. The number of aromatic amines is 1. The van der Waals surface area contributed by atoms with Crippen molar-refractivity contribution in [2.45, 2.75) is 0 Å². The quantitative estimate of drug-likeness (QED) is 0.495. The Morgan fingerprint density at radius 3 is 2.46 bits per heavy atom. The molecule has 0 saturated carbocycles. The first kappa shape index (κ1) is 15.4. The van der Waals surface area contributed by atoms with Gasteiger partial charge >= 0.3 is 0 Å². The van der Waals surface area contributed by atoms with Gasteiger partial charge in [0, 0.05) is 10.4 Å². The van der Waals surface area contributed by atoms with Crippen molar-refractivity contribution >= 4 is 44.8 Å². The molecule has 0 radical (unpaired) electrons. The second kappa shape index (κ2) is 6.06. The Labute approximate surface area is 151 Å². The molecule has 0 aliphatic carbocycles. The number of hydrogen-bond donors (Lipinski definition) is 1. The van der Waals surface area contributed by atoms with Crippen LogP contribution in [0.2, 0.25) is 10.0 Å². The molecule has 24 heavy (non-hydrogen) atoms. The molecule has 0 aliphatic rings. The summed E-state index contributed by atoms with van der Waals surface area (Å²) in [5, 5.41) is 1.47. The zero-order valence-corrected chi connectivity index (χ0v) is 14.5. The maximum absolute atomic E-state index is 12.4. The number of thiophene rings is 1. The molecule has 2 heterocycles. The van der Waals surface area contributed by atoms with E-state index in [0.29, 0.717) is 26.1 Å². The van der Waals surface area contributed by atoms with Crippen molar-refractivity contribution in [3.63, 3.8) is 0 Å². The summed E-state index contributed by atoms with van der Waals surface area (Å²) in [5.74, 6) is 0.479. The summed E-state index contributed by atoms with van der Waals surface area (Å²) < 4.78 is 0. The highest BCUT2D eigenvalue weighted by Gasteiger charge is 2.12. The molecule has 0 fully saturated rings. The number of aromatic nitrogens is 2. The number of H-pyrrole nitrogens is 1. The van der Waals surface area contributed by atoms with E-state index in [2.05, 4.69) is 9.97 Å². The fourth-order valence-corrected chi connectivity index (χ4v) is 3.79. The smallest absolute Gasteiger partial charge is 0.259 e. The summed E-state index contributed by atoms with van der Waals surface area (Å²) in [6.45, 7) is 0. The number of nitrogens with zero attached hydrogens (tertiary/aromatic N) is 1. The van der Waals surface area contributed by atoms with Crippen LogP contribution in [0.5, 0.6) is 0 Å². The molecule has 0 atom stereocenters. The van der Waals surface area contributed by atoms with Gasteiger partial charge in [0.15, 0.2) is 0 Å². The van der Waals surface area contributed by atoms with Crippen LogP contribution >= 0.6 is 34.5 Å². The van der Waals surface area contributed by atoms with E-state index in [9.17, 15) is 4.79 Å². The highest BCUT2D eigenvalue weighted by atomic mass is 35.5. The van der Waals surface area contributed by atoms with Gasteiger partial charge < -0.3 is 4.98 Å². The Morgan fingerprint density at radius 1 is 0.917 bits per heavy atom. The van der Waals surface area contributed by atoms with Crippen LogP contribution in [0.3, 0.4) is 0 Å². The number of nitrogens with one attached hydrogen (secondary N) is 1. The summed E-state index contributed by atoms with van der Waals surface area (Å²) in [7, 11) is 0. The molecular formula is C18H10Cl2N2OS. The lowest BCUT2D eigenvalue weighted by Gasteiger charge is -2.02. The van der Waals surface area contributed by atoms with Crippen LogP contribution in [-0.2, 0) is 0 Å². The minimum absolute atomic E-state index is 0.167. The van der Waals surface area contributed by atoms with Crippen molar-refractivity contribution in [3.05, 3.63) is 75.0 Å². The number of hydrogen-bond acceptors (Lipinski definition) is 3. The van der Waals surface area contributed by atoms with Gasteiger partial charge in [-0.05, 0) is 29.8 Å². The maximum atomic E-state index is 12.4. The minimum atomic E-state index is -0.167. The summed E-state index contributed by atoms with van der Waals surface area (Å²) in [5.41, 5.74) is 1.62. The van der Waals surface area contributed by atoms with E-state index >= 15 is 0 Å². The lowest BCUT2D eigenvalue weighted by molar-refractivity contribution is 1.19. The zero-order valence-electron chi connectivity index (χ0n) is 12.2. The summed E-state index contributed by atoms with van der Waals surface area (Å²) in [4.78, 5) is 21.5. The van der Waals surface area contributed by atoms with Gasteiger partial charge in [0.25, 0.3) is 5.56 Å². The molecule has 0 amide bonds. The standard InChI is InChI=1S/C18H10Cl2N2OS/c19-13-7-6-11(8-14(13)20)16-21-17(23)12-9-15(24-18(12)22-16)10-4-2-1-3-5-10/h1-9H,(H,21,22,23). The van der Waals surface area contributed by atoms with Crippen LogP contribution in [0.15, 0.2) is 59.4 Å².